The first kappa shape index (κ1) is 14.8. The van der Waals surface area contributed by atoms with Crippen LogP contribution in [0.5, 0.6) is 0 Å². The van der Waals surface area contributed by atoms with Crippen LogP contribution in [-0.4, -0.2) is 29.9 Å². The monoisotopic (exact) mass is 260 g/mol. The molecule has 1 saturated heterocycles. The van der Waals surface area contributed by atoms with Crippen molar-refractivity contribution in [3.05, 3.63) is 0 Å². The largest absolute Gasteiger partial charge is 0.341 e. The smallest absolute Gasteiger partial charge is 0.222 e. The Labute approximate surface area is 111 Å². The van der Waals surface area contributed by atoms with E-state index < -0.39 is 0 Å². The van der Waals surface area contributed by atoms with Crippen molar-refractivity contribution in [3.63, 3.8) is 0 Å². The van der Waals surface area contributed by atoms with Crippen LogP contribution in [0.25, 0.3) is 0 Å². The lowest BCUT2D eigenvalue weighted by atomic mass is 10.00. The highest BCUT2D eigenvalue weighted by Gasteiger charge is 2.27. The first-order chi connectivity index (χ1) is 7.65. The van der Waals surface area contributed by atoms with E-state index in [4.69, 9.17) is 5.73 Å². The molecule has 17 heavy (non-hydrogen) atoms. The van der Waals surface area contributed by atoms with Crippen molar-refractivity contribution in [2.24, 2.45) is 17.6 Å². The van der Waals surface area contributed by atoms with Gasteiger partial charge in [0.2, 0.25) is 5.91 Å². The summed E-state index contributed by atoms with van der Waals surface area (Å²) in [7, 11) is 0. The van der Waals surface area contributed by atoms with Crippen molar-refractivity contribution in [3.8, 4) is 0 Å². The summed E-state index contributed by atoms with van der Waals surface area (Å²) in [5, 5.41) is 0. The molecule has 1 amide bonds. The van der Waals surface area contributed by atoms with E-state index in [1.165, 1.54) is 19.3 Å². The average Bonchev–Trinajstić information content (AvgIpc) is 2.64. The Kier molecular flexibility index (Phi) is 5.74. The molecule has 2 N–H and O–H groups in total. The van der Waals surface area contributed by atoms with Crippen molar-refractivity contribution < 1.29 is 4.79 Å². The molecule has 0 radical (unpaired) electrons. The molecular formula is C13H25ClN2O. The Morgan fingerprint density at radius 2 is 2.12 bits per heavy atom. The molecule has 1 aliphatic heterocycles. The van der Waals surface area contributed by atoms with Crippen LogP contribution in [0.3, 0.4) is 0 Å². The van der Waals surface area contributed by atoms with Crippen molar-refractivity contribution in [2.75, 3.05) is 13.1 Å². The minimum Gasteiger partial charge on any atom is -0.341 e. The molecule has 2 fully saturated rings. The quantitative estimate of drug-likeness (QED) is 0.827. The van der Waals surface area contributed by atoms with E-state index in [-0.39, 0.29) is 18.4 Å². The minimum atomic E-state index is 0. The summed E-state index contributed by atoms with van der Waals surface area (Å²) < 4.78 is 0. The Bertz CT molecular complexity index is 260. The molecule has 0 spiro atoms. The lowest BCUT2D eigenvalue weighted by molar-refractivity contribution is -0.133. The number of hydrogen-bond acceptors (Lipinski definition) is 2. The maximum atomic E-state index is 12.1. The average molecular weight is 261 g/mol. The van der Waals surface area contributed by atoms with Crippen LogP contribution in [0.1, 0.15) is 45.4 Å². The lowest BCUT2D eigenvalue weighted by Crippen LogP contribution is -2.46. The number of likely N-dealkylation sites (tertiary alicyclic amines) is 1. The molecule has 2 rings (SSSR count). The number of nitrogens with zero attached hydrogens (tertiary/aromatic N) is 1. The van der Waals surface area contributed by atoms with Crippen LogP contribution in [0.4, 0.5) is 0 Å². The molecule has 100 valence electrons. The van der Waals surface area contributed by atoms with Gasteiger partial charge in [0, 0.05) is 25.6 Å². The third-order valence-corrected chi connectivity index (χ3v) is 4.08. The van der Waals surface area contributed by atoms with E-state index in [1.54, 1.807) is 0 Å². The molecule has 3 nitrogen and oxygen atoms in total. The summed E-state index contributed by atoms with van der Waals surface area (Å²) >= 11 is 0. The minimum absolute atomic E-state index is 0. The Hall–Kier alpha value is -0.280. The summed E-state index contributed by atoms with van der Waals surface area (Å²) in [5.41, 5.74) is 5.90. The zero-order valence-corrected chi connectivity index (χ0v) is 11.5. The first-order valence-corrected chi connectivity index (χ1v) is 6.68. The van der Waals surface area contributed by atoms with Crippen LogP contribution < -0.4 is 5.73 Å². The van der Waals surface area contributed by atoms with Crippen molar-refractivity contribution >= 4 is 18.3 Å². The highest BCUT2D eigenvalue weighted by atomic mass is 35.5. The van der Waals surface area contributed by atoms with Crippen LogP contribution in [0.2, 0.25) is 0 Å². The fourth-order valence-electron chi connectivity index (χ4n) is 3.12. The summed E-state index contributed by atoms with van der Waals surface area (Å²) in [5.74, 6) is 1.80. The fourth-order valence-corrected chi connectivity index (χ4v) is 3.12. The van der Waals surface area contributed by atoms with Gasteiger partial charge in [0.1, 0.15) is 0 Å². The van der Waals surface area contributed by atoms with Crippen LogP contribution in [0.15, 0.2) is 0 Å². The van der Waals surface area contributed by atoms with Crippen LogP contribution in [-0.2, 0) is 4.79 Å². The summed E-state index contributed by atoms with van der Waals surface area (Å²) in [4.78, 5) is 14.1. The molecule has 3 unspecified atom stereocenters. The van der Waals surface area contributed by atoms with E-state index in [1.807, 2.05) is 4.90 Å². The van der Waals surface area contributed by atoms with Gasteiger partial charge < -0.3 is 10.6 Å². The number of amides is 1. The molecule has 3 atom stereocenters. The zero-order chi connectivity index (χ0) is 11.5. The van der Waals surface area contributed by atoms with Gasteiger partial charge in [-0.15, -0.1) is 12.4 Å². The number of rotatable bonds is 2. The third kappa shape index (κ3) is 4.14. The van der Waals surface area contributed by atoms with Gasteiger partial charge in [-0.25, -0.2) is 0 Å². The first-order valence-electron chi connectivity index (χ1n) is 6.68. The molecule has 1 saturated carbocycles. The zero-order valence-electron chi connectivity index (χ0n) is 10.7. The predicted molar refractivity (Wildman–Crippen MR) is 72.2 cm³/mol. The van der Waals surface area contributed by atoms with Crippen molar-refractivity contribution in [1.29, 1.82) is 0 Å². The van der Waals surface area contributed by atoms with Gasteiger partial charge in [-0.1, -0.05) is 13.3 Å². The number of halogens is 1. The van der Waals surface area contributed by atoms with Crippen LogP contribution in [0, 0.1) is 11.8 Å². The van der Waals surface area contributed by atoms with Gasteiger partial charge >= 0.3 is 0 Å². The Morgan fingerprint density at radius 3 is 2.71 bits per heavy atom. The molecule has 2 aliphatic rings. The highest BCUT2D eigenvalue weighted by molar-refractivity contribution is 5.85. The second-order valence-electron chi connectivity index (χ2n) is 5.73. The van der Waals surface area contributed by atoms with E-state index in [9.17, 15) is 4.79 Å². The van der Waals surface area contributed by atoms with Crippen molar-refractivity contribution in [1.82, 2.24) is 4.90 Å². The highest BCUT2D eigenvalue weighted by Crippen LogP contribution is 2.33. The normalized spacial score (nSPS) is 33.3. The standard InChI is InChI=1S/C13H24N2O.ClH/c1-10-4-5-11(7-10)8-13(16)15-6-2-3-12(14)9-15;/h10-12H,2-9,14H2,1H3;1H. The molecular weight excluding hydrogens is 236 g/mol. The predicted octanol–water partition coefficient (Wildman–Crippen LogP) is 2.18. The van der Waals surface area contributed by atoms with Crippen molar-refractivity contribution in [2.45, 2.75) is 51.5 Å². The summed E-state index contributed by atoms with van der Waals surface area (Å²) in [6.45, 7) is 4.00. The van der Waals surface area contributed by atoms with Gasteiger partial charge in [0.15, 0.2) is 0 Å². The van der Waals surface area contributed by atoms with E-state index >= 15 is 0 Å². The third-order valence-electron chi connectivity index (χ3n) is 4.08. The number of hydrogen-bond donors (Lipinski definition) is 1. The maximum absolute atomic E-state index is 12.1. The number of carbonyl (C=O) groups excluding carboxylic acids is 1. The topological polar surface area (TPSA) is 46.3 Å². The van der Waals surface area contributed by atoms with Gasteiger partial charge in [0.05, 0.1) is 0 Å². The van der Waals surface area contributed by atoms with Crippen LogP contribution >= 0.6 is 12.4 Å². The second-order valence-corrected chi connectivity index (χ2v) is 5.73. The van der Waals surface area contributed by atoms with Gasteiger partial charge in [0.25, 0.3) is 0 Å². The van der Waals surface area contributed by atoms with Gasteiger partial charge in [-0.3, -0.25) is 4.79 Å². The van der Waals surface area contributed by atoms with Gasteiger partial charge in [-0.05, 0) is 37.5 Å². The molecule has 0 aromatic rings. The molecule has 1 aliphatic carbocycles. The molecule has 4 heteroatoms. The number of carbonyl (C=O) groups is 1. The van der Waals surface area contributed by atoms with Gasteiger partial charge in [-0.2, -0.15) is 0 Å². The Balaban J connectivity index is 0.00000144. The molecule has 1 heterocycles. The molecule has 0 aromatic heterocycles. The van der Waals surface area contributed by atoms with E-state index in [2.05, 4.69) is 6.92 Å². The lowest BCUT2D eigenvalue weighted by Gasteiger charge is -2.31. The summed E-state index contributed by atoms with van der Waals surface area (Å²) in [6, 6.07) is 0.209. The number of nitrogens with two attached hydrogens (primary N) is 1. The molecule has 0 aromatic carbocycles. The summed E-state index contributed by atoms with van der Waals surface area (Å²) in [6.07, 6.45) is 6.70. The Morgan fingerprint density at radius 1 is 1.35 bits per heavy atom. The van der Waals surface area contributed by atoms with E-state index in [0.717, 1.165) is 38.3 Å². The maximum Gasteiger partial charge on any atom is 0.222 e. The molecule has 0 bridgehead atoms. The number of piperidine rings is 1. The fraction of sp³-hybridized carbons (Fsp3) is 0.923. The van der Waals surface area contributed by atoms with E-state index in [0.29, 0.717) is 11.8 Å². The second kappa shape index (κ2) is 6.60. The SMILES string of the molecule is CC1CCC(CC(=O)N2CCCC(N)C2)C1.Cl.